The van der Waals surface area contributed by atoms with Crippen LogP contribution in [0.15, 0.2) is 29.4 Å². The van der Waals surface area contributed by atoms with E-state index < -0.39 is 46.9 Å². The van der Waals surface area contributed by atoms with Gasteiger partial charge in [0.1, 0.15) is 0 Å². The van der Waals surface area contributed by atoms with Crippen LogP contribution in [0.25, 0.3) is 0 Å². The summed E-state index contributed by atoms with van der Waals surface area (Å²) in [5.74, 6) is -5.47. The maximum Gasteiger partial charge on any atom is 0.337 e. The number of aliphatic hydroxyl groups is 1. The number of halogens is 3. The molecule has 1 aliphatic heterocycles. The Bertz CT molecular complexity index is 1090. The van der Waals surface area contributed by atoms with E-state index in [4.69, 9.17) is 0 Å². The Labute approximate surface area is 195 Å². The minimum absolute atomic E-state index is 0.221. The molecular formula is C20H20F2IN5O4. The predicted molar refractivity (Wildman–Crippen MR) is 122 cm³/mol. The molecule has 0 bridgehead atoms. The third-order valence-corrected chi connectivity index (χ3v) is 5.26. The number of aryl methyl sites for hydroxylation is 1. The topological polar surface area (TPSA) is 126 Å². The molecule has 2 aromatic rings. The van der Waals surface area contributed by atoms with Gasteiger partial charge in [-0.2, -0.15) is 0 Å². The first-order valence-corrected chi connectivity index (χ1v) is 10.6. The number of guanidine groups is 1. The van der Waals surface area contributed by atoms with Crippen molar-refractivity contribution in [2.75, 3.05) is 31.6 Å². The van der Waals surface area contributed by atoms with Gasteiger partial charge >= 0.3 is 5.97 Å². The Balaban J connectivity index is 2.05. The van der Waals surface area contributed by atoms with Crippen molar-refractivity contribution >= 4 is 51.8 Å². The van der Waals surface area contributed by atoms with E-state index in [1.165, 1.54) is 0 Å². The van der Waals surface area contributed by atoms with Crippen LogP contribution in [0.2, 0.25) is 0 Å². The molecule has 1 fully saturated rings. The van der Waals surface area contributed by atoms with Crippen LogP contribution in [0, 0.1) is 22.1 Å². The van der Waals surface area contributed by atoms with Crippen LogP contribution < -0.4 is 16.0 Å². The first-order chi connectivity index (χ1) is 15.2. The molecule has 0 aromatic heterocycles. The second-order valence-corrected chi connectivity index (χ2v) is 8.06. The highest BCUT2D eigenvalue weighted by molar-refractivity contribution is 14.1. The number of hydrogen-bond donors (Lipinski definition) is 5. The lowest BCUT2D eigenvalue weighted by Crippen LogP contribution is -2.35. The molecule has 2 aromatic carbocycles. The summed E-state index contributed by atoms with van der Waals surface area (Å²) in [7, 11) is 0. The summed E-state index contributed by atoms with van der Waals surface area (Å²) in [4.78, 5) is 24.7. The molecule has 0 radical (unpaired) electrons. The second kappa shape index (κ2) is 10.1. The maximum absolute atomic E-state index is 15.0. The summed E-state index contributed by atoms with van der Waals surface area (Å²) in [5, 5.41) is 31.9. The Morgan fingerprint density at radius 2 is 1.88 bits per heavy atom. The summed E-state index contributed by atoms with van der Waals surface area (Å²) in [5.41, 5.74) is -0.971. The van der Waals surface area contributed by atoms with Crippen molar-refractivity contribution in [1.82, 2.24) is 15.6 Å². The van der Waals surface area contributed by atoms with Crippen molar-refractivity contribution in [2.24, 2.45) is 5.10 Å². The molecule has 170 valence electrons. The zero-order valence-electron chi connectivity index (χ0n) is 16.9. The quantitative estimate of drug-likeness (QED) is 0.260. The summed E-state index contributed by atoms with van der Waals surface area (Å²) in [6.07, 6.45) is 0. The molecule has 5 N–H and O–H groups in total. The lowest BCUT2D eigenvalue weighted by molar-refractivity contribution is 0.0697. The van der Waals surface area contributed by atoms with Crippen molar-refractivity contribution in [3.63, 3.8) is 0 Å². The van der Waals surface area contributed by atoms with Gasteiger partial charge in [-0.1, -0.05) is 0 Å². The molecule has 12 heteroatoms. The predicted octanol–water partition coefficient (Wildman–Crippen LogP) is 2.22. The summed E-state index contributed by atoms with van der Waals surface area (Å²) < 4.78 is 30.9. The third kappa shape index (κ3) is 5.07. The van der Waals surface area contributed by atoms with E-state index in [2.05, 4.69) is 43.6 Å². The molecule has 9 nitrogen and oxygen atoms in total. The molecule has 1 saturated heterocycles. The normalized spacial score (nSPS) is 12.7. The fourth-order valence-corrected chi connectivity index (χ4v) is 3.67. The highest BCUT2D eigenvalue weighted by Gasteiger charge is 2.29. The zero-order valence-corrected chi connectivity index (χ0v) is 19.0. The molecule has 0 atom stereocenters. The highest BCUT2D eigenvalue weighted by Crippen LogP contribution is 2.31. The van der Waals surface area contributed by atoms with Crippen molar-refractivity contribution in [3.8, 4) is 0 Å². The van der Waals surface area contributed by atoms with Gasteiger partial charge in [-0.25, -0.2) is 18.6 Å². The number of carbonyl (C=O) groups is 2. The van der Waals surface area contributed by atoms with Crippen LogP contribution in [-0.4, -0.2) is 59.3 Å². The number of amides is 1. The molecule has 0 saturated carbocycles. The van der Waals surface area contributed by atoms with E-state index in [9.17, 15) is 24.2 Å². The fraction of sp³-hybridized carbons (Fsp3) is 0.250. The lowest BCUT2D eigenvalue weighted by atomic mass is 10.0. The number of carboxylic acids is 1. The number of aliphatic hydroxyl groups excluding tert-OH is 1. The van der Waals surface area contributed by atoms with E-state index in [0.29, 0.717) is 24.3 Å². The molecule has 1 aliphatic rings. The van der Waals surface area contributed by atoms with E-state index in [0.717, 1.165) is 14.6 Å². The monoisotopic (exact) mass is 559 g/mol. The molecule has 0 unspecified atom stereocenters. The molecule has 1 amide bonds. The van der Waals surface area contributed by atoms with Crippen LogP contribution in [0.5, 0.6) is 0 Å². The zero-order chi connectivity index (χ0) is 23.4. The minimum atomic E-state index is -1.55. The highest BCUT2D eigenvalue weighted by atomic mass is 127. The number of benzene rings is 2. The van der Waals surface area contributed by atoms with E-state index in [-0.39, 0.29) is 12.5 Å². The van der Waals surface area contributed by atoms with Gasteiger partial charge in [0.05, 0.1) is 30.0 Å². The van der Waals surface area contributed by atoms with Crippen LogP contribution in [0.1, 0.15) is 26.3 Å². The second-order valence-electron chi connectivity index (χ2n) is 6.82. The van der Waals surface area contributed by atoms with Gasteiger partial charge in [0.25, 0.3) is 5.91 Å². The van der Waals surface area contributed by atoms with Gasteiger partial charge in [0.15, 0.2) is 11.6 Å². The Hall–Kier alpha value is -3.00. The minimum Gasteiger partial charge on any atom is -0.478 e. The average molecular weight is 559 g/mol. The maximum atomic E-state index is 15.0. The van der Waals surface area contributed by atoms with Crippen molar-refractivity contribution < 1.29 is 28.6 Å². The van der Waals surface area contributed by atoms with Crippen LogP contribution in [0.4, 0.5) is 20.2 Å². The number of anilines is 2. The van der Waals surface area contributed by atoms with Gasteiger partial charge in [-0.05, 0) is 59.3 Å². The van der Waals surface area contributed by atoms with Gasteiger partial charge in [0.2, 0.25) is 5.96 Å². The largest absolute Gasteiger partial charge is 0.478 e. The van der Waals surface area contributed by atoms with E-state index in [1.54, 1.807) is 25.1 Å². The Kier molecular flexibility index (Phi) is 7.45. The molecule has 3 rings (SSSR count). The van der Waals surface area contributed by atoms with Crippen LogP contribution >= 0.6 is 22.6 Å². The molecule has 0 spiro atoms. The van der Waals surface area contributed by atoms with Gasteiger partial charge < -0.3 is 26.2 Å². The molecule has 0 aliphatic carbocycles. The number of rotatable bonds is 7. The van der Waals surface area contributed by atoms with Crippen molar-refractivity contribution in [1.29, 1.82) is 0 Å². The van der Waals surface area contributed by atoms with Gasteiger partial charge in [0, 0.05) is 22.3 Å². The number of carbonyl (C=O) groups excluding carboxylic acids is 1. The first-order valence-electron chi connectivity index (χ1n) is 9.50. The number of nitrogens with zero attached hydrogens (tertiary/aromatic N) is 2. The Morgan fingerprint density at radius 3 is 2.47 bits per heavy atom. The van der Waals surface area contributed by atoms with E-state index >= 15 is 4.39 Å². The summed E-state index contributed by atoms with van der Waals surface area (Å²) in [6, 6.07) is 5.87. The van der Waals surface area contributed by atoms with Crippen molar-refractivity contribution in [2.45, 2.75) is 6.92 Å². The van der Waals surface area contributed by atoms with Gasteiger partial charge in [-0.15, -0.1) is 5.10 Å². The Morgan fingerprint density at radius 1 is 1.19 bits per heavy atom. The summed E-state index contributed by atoms with van der Waals surface area (Å²) >= 11 is 2.09. The fourth-order valence-electron chi connectivity index (χ4n) is 3.02. The number of aromatic carboxylic acids is 1. The molecular weight excluding hydrogens is 539 g/mol. The molecule has 1 heterocycles. The van der Waals surface area contributed by atoms with Crippen LogP contribution in [0.3, 0.4) is 0 Å². The van der Waals surface area contributed by atoms with Gasteiger partial charge in [-0.3, -0.25) is 4.79 Å². The molecule has 32 heavy (non-hydrogen) atoms. The smallest absolute Gasteiger partial charge is 0.337 e. The number of hydrogen-bond acceptors (Lipinski definition) is 5. The third-order valence-electron chi connectivity index (χ3n) is 4.59. The number of carboxylic acid groups (broad SMARTS) is 1. The number of hydrazone groups is 1. The first kappa shape index (κ1) is 23.7. The number of nitrogens with one attached hydrogen (secondary N) is 3. The SMILES string of the molecule is Cc1cc(I)ccc1Nc1c(C(=O)O)cc(C(=O)N(CCO)N=C2NCCN2)c(F)c1F. The van der Waals surface area contributed by atoms with Crippen molar-refractivity contribution in [3.05, 3.63) is 56.2 Å². The standard InChI is InChI=1S/C20H20F2IN5O4/c1-10-8-11(23)2-3-14(10)26-17-13(19(31)32)9-12(15(21)16(17)22)18(30)28(6-7-29)27-20-24-4-5-25-20/h2-3,8-9,26,29H,4-7H2,1H3,(H,31,32)(H2,24,25,27). The lowest BCUT2D eigenvalue weighted by Gasteiger charge is -2.19. The summed E-state index contributed by atoms with van der Waals surface area (Å²) in [6.45, 7) is 2.02. The van der Waals surface area contributed by atoms with Crippen LogP contribution in [-0.2, 0) is 0 Å². The van der Waals surface area contributed by atoms with E-state index in [1.807, 2.05) is 0 Å². The average Bonchev–Trinajstić information content (AvgIpc) is 3.25.